The lowest BCUT2D eigenvalue weighted by molar-refractivity contribution is -0.143. The van der Waals surface area contributed by atoms with Crippen LogP contribution >= 0.6 is 0 Å². The number of hydrogen-bond acceptors (Lipinski definition) is 4. The van der Waals surface area contributed by atoms with Crippen molar-refractivity contribution in [3.05, 3.63) is 29.1 Å². The lowest BCUT2D eigenvalue weighted by atomic mass is 9.92. The van der Waals surface area contributed by atoms with Gasteiger partial charge in [0.1, 0.15) is 11.7 Å². The van der Waals surface area contributed by atoms with E-state index in [-0.39, 0.29) is 23.7 Å². The Balaban J connectivity index is 1.70. The summed E-state index contributed by atoms with van der Waals surface area (Å²) < 4.78 is 0. The molecule has 7 nitrogen and oxygen atoms in total. The average molecular weight is 351 g/mol. The molecule has 1 N–H and O–H groups in total. The Hall–Kier alpha value is -2.88. The molecule has 4 heterocycles. The van der Waals surface area contributed by atoms with Crippen molar-refractivity contribution in [3.8, 4) is 6.07 Å². The Morgan fingerprint density at radius 1 is 1.42 bits per heavy atom. The van der Waals surface area contributed by atoms with E-state index in [1.807, 2.05) is 20.8 Å². The van der Waals surface area contributed by atoms with Crippen molar-refractivity contribution in [2.75, 3.05) is 13.1 Å². The van der Waals surface area contributed by atoms with Gasteiger partial charge in [-0.3, -0.25) is 9.59 Å². The molecule has 0 aliphatic carbocycles. The maximum atomic E-state index is 13.1. The maximum Gasteiger partial charge on any atom is 0.257 e. The third-order valence-electron chi connectivity index (χ3n) is 5.44. The number of likely N-dealkylation sites (tertiary alicyclic amines) is 1. The average Bonchev–Trinajstić information content (AvgIpc) is 2.98. The smallest absolute Gasteiger partial charge is 0.257 e. The molecule has 0 bridgehead atoms. The Bertz CT molecular complexity index is 949. The fourth-order valence-electron chi connectivity index (χ4n) is 3.96. The molecule has 2 aromatic rings. The number of H-pyrrole nitrogens is 1. The van der Waals surface area contributed by atoms with Crippen LogP contribution in [0.1, 0.15) is 35.3 Å². The van der Waals surface area contributed by atoms with Crippen LogP contribution in [0, 0.1) is 30.1 Å². The molecule has 1 atom stereocenters. The van der Waals surface area contributed by atoms with Crippen LogP contribution in [0.25, 0.3) is 11.0 Å². The molecule has 2 aliphatic heterocycles. The largest absolute Gasteiger partial charge is 0.345 e. The van der Waals surface area contributed by atoms with Gasteiger partial charge in [0, 0.05) is 37.4 Å². The normalized spacial score (nSPS) is 18.2. The van der Waals surface area contributed by atoms with Crippen LogP contribution in [0.2, 0.25) is 0 Å². The van der Waals surface area contributed by atoms with Crippen molar-refractivity contribution in [3.63, 3.8) is 0 Å². The number of hydrogen-bond donors (Lipinski definition) is 1. The SMILES string of the molecule is Cc1cnc2[nH]cc3c2c1CN([C@@H](C(=O)N1CC(C#N)C1)C(C)C)C3=O. The van der Waals surface area contributed by atoms with Gasteiger partial charge in [0.15, 0.2) is 0 Å². The summed E-state index contributed by atoms with van der Waals surface area (Å²) in [6.45, 7) is 7.20. The summed E-state index contributed by atoms with van der Waals surface area (Å²) in [7, 11) is 0. The minimum absolute atomic E-state index is 0.0225. The molecule has 4 rings (SSSR count). The summed E-state index contributed by atoms with van der Waals surface area (Å²) in [5, 5.41) is 9.83. The third kappa shape index (κ3) is 2.29. The van der Waals surface area contributed by atoms with Crippen molar-refractivity contribution < 1.29 is 9.59 Å². The van der Waals surface area contributed by atoms with E-state index in [0.29, 0.717) is 30.8 Å². The maximum absolute atomic E-state index is 13.1. The molecule has 7 heteroatoms. The van der Waals surface area contributed by atoms with Gasteiger partial charge in [-0.05, 0) is 24.0 Å². The van der Waals surface area contributed by atoms with Crippen molar-refractivity contribution >= 4 is 22.8 Å². The second-order valence-corrected chi connectivity index (χ2v) is 7.54. The monoisotopic (exact) mass is 351 g/mol. The van der Waals surface area contributed by atoms with Gasteiger partial charge in [-0.2, -0.15) is 5.26 Å². The van der Waals surface area contributed by atoms with Crippen LogP contribution < -0.4 is 0 Å². The summed E-state index contributed by atoms with van der Waals surface area (Å²) in [6.07, 6.45) is 3.48. The molecule has 2 aromatic heterocycles. The van der Waals surface area contributed by atoms with Crippen molar-refractivity contribution in [1.82, 2.24) is 19.8 Å². The summed E-state index contributed by atoms with van der Waals surface area (Å²) >= 11 is 0. The van der Waals surface area contributed by atoms with Crippen LogP contribution in [0.5, 0.6) is 0 Å². The van der Waals surface area contributed by atoms with E-state index in [1.165, 1.54) is 0 Å². The van der Waals surface area contributed by atoms with Gasteiger partial charge in [-0.15, -0.1) is 0 Å². The number of nitrogens with zero attached hydrogens (tertiary/aromatic N) is 4. The summed E-state index contributed by atoms with van der Waals surface area (Å²) in [5.74, 6) is -0.324. The molecule has 0 aromatic carbocycles. The predicted octanol–water partition coefficient (Wildman–Crippen LogP) is 1.83. The highest BCUT2D eigenvalue weighted by atomic mass is 16.2. The zero-order valence-electron chi connectivity index (χ0n) is 15.1. The summed E-state index contributed by atoms with van der Waals surface area (Å²) in [5.41, 5.74) is 3.34. The molecule has 1 saturated heterocycles. The number of nitriles is 1. The number of carbonyl (C=O) groups excluding carboxylic acids is 2. The van der Waals surface area contributed by atoms with Crippen LogP contribution in [0.3, 0.4) is 0 Å². The lowest BCUT2D eigenvalue weighted by Crippen LogP contribution is -2.59. The van der Waals surface area contributed by atoms with Crippen LogP contribution in [-0.4, -0.2) is 50.7 Å². The zero-order chi connectivity index (χ0) is 18.6. The zero-order valence-corrected chi connectivity index (χ0v) is 15.1. The lowest BCUT2D eigenvalue weighted by Gasteiger charge is -2.43. The highest BCUT2D eigenvalue weighted by Gasteiger charge is 2.42. The first-order valence-electron chi connectivity index (χ1n) is 8.87. The first-order valence-corrected chi connectivity index (χ1v) is 8.87. The van der Waals surface area contributed by atoms with Gasteiger partial charge in [0.05, 0.1) is 17.6 Å². The van der Waals surface area contributed by atoms with Crippen molar-refractivity contribution in [2.45, 2.75) is 33.4 Å². The van der Waals surface area contributed by atoms with Crippen LogP contribution in [-0.2, 0) is 11.3 Å². The fourth-order valence-corrected chi connectivity index (χ4v) is 3.96. The predicted molar refractivity (Wildman–Crippen MR) is 95.0 cm³/mol. The van der Waals surface area contributed by atoms with E-state index < -0.39 is 6.04 Å². The molecule has 0 unspecified atom stereocenters. The molecule has 0 saturated carbocycles. The quantitative estimate of drug-likeness (QED) is 0.913. The first-order chi connectivity index (χ1) is 12.4. The highest BCUT2D eigenvalue weighted by molar-refractivity contribution is 6.10. The molecule has 2 amide bonds. The fraction of sp³-hybridized carbons (Fsp3) is 0.474. The van der Waals surface area contributed by atoms with E-state index in [4.69, 9.17) is 5.26 Å². The van der Waals surface area contributed by atoms with Gasteiger partial charge in [0.2, 0.25) is 5.91 Å². The van der Waals surface area contributed by atoms with Crippen molar-refractivity contribution in [2.24, 2.45) is 11.8 Å². The number of carbonyl (C=O) groups is 2. The van der Waals surface area contributed by atoms with E-state index in [1.54, 1.807) is 22.2 Å². The Morgan fingerprint density at radius 2 is 2.15 bits per heavy atom. The number of pyridine rings is 1. The third-order valence-corrected chi connectivity index (χ3v) is 5.44. The standard InChI is InChI=1S/C19H21N5O2/c1-10(2)16(19(26)23-7-12(4-20)8-23)24-9-14-11(3)5-21-17-15(14)13(6-22-17)18(24)25/h5-6,10,12,16H,7-9H2,1-3H3,(H,21,22)/t16-/m1/s1. The number of rotatable bonds is 3. The number of nitrogens with one attached hydrogen (secondary N) is 1. The highest BCUT2D eigenvalue weighted by Crippen LogP contribution is 2.33. The molecule has 26 heavy (non-hydrogen) atoms. The number of amides is 2. The van der Waals surface area contributed by atoms with E-state index in [9.17, 15) is 9.59 Å². The molecule has 0 spiro atoms. The van der Waals surface area contributed by atoms with Crippen molar-refractivity contribution in [1.29, 1.82) is 5.26 Å². The van der Waals surface area contributed by atoms with E-state index >= 15 is 0 Å². The number of aryl methyl sites for hydroxylation is 1. The molecular weight excluding hydrogens is 330 g/mol. The second-order valence-electron chi connectivity index (χ2n) is 7.54. The topological polar surface area (TPSA) is 93.1 Å². The first kappa shape index (κ1) is 16.6. The number of aromatic nitrogens is 2. The number of aromatic amines is 1. The Morgan fingerprint density at radius 3 is 2.81 bits per heavy atom. The molecule has 1 fully saturated rings. The minimum Gasteiger partial charge on any atom is -0.345 e. The molecule has 2 aliphatic rings. The Kier molecular flexibility index (Phi) is 3.72. The molecule has 134 valence electrons. The van der Waals surface area contributed by atoms with Gasteiger partial charge in [-0.1, -0.05) is 13.8 Å². The summed E-state index contributed by atoms with van der Waals surface area (Å²) in [4.78, 5) is 37.0. The molecule has 0 radical (unpaired) electrons. The van der Waals surface area contributed by atoms with Crippen LogP contribution in [0.15, 0.2) is 12.4 Å². The minimum atomic E-state index is -0.534. The molecular formula is C19H21N5O2. The van der Waals surface area contributed by atoms with Crippen LogP contribution in [0.4, 0.5) is 0 Å². The van der Waals surface area contributed by atoms with Gasteiger partial charge in [-0.25, -0.2) is 4.98 Å². The van der Waals surface area contributed by atoms with E-state index in [0.717, 1.165) is 16.5 Å². The second kappa shape index (κ2) is 5.84. The van der Waals surface area contributed by atoms with Gasteiger partial charge in [0.25, 0.3) is 5.91 Å². The van der Waals surface area contributed by atoms with Gasteiger partial charge >= 0.3 is 0 Å². The van der Waals surface area contributed by atoms with Gasteiger partial charge < -0.3 is 14.8 Å². The van der Waals surface area contributed by atoms with E-state index in [2.05, 4.69) is 16.0 Å². The Labute approximate surface area is 151 Å². The summed E-state index contributed by atoms with van der Waals surface area (Å²) in [6, 6.07) is 1.65.